The molecule has 29 heavy (non-hydrogen) atoms. The van der Waals surface area contributed by atoms with Gasteiger partial charge in [-0.05, 0) is 43.5 Å². The average molecular weight is 412 g/mol. The third-order valence-corrected chi connectivity index (χ3v) is 5.53. The lowest BCUT2D eigenvalue weighted by Gasteiger charge is -2.23. The third kappa shape index (κ3) is 3.51. The summed E-state index contributed by atoms with van der Waals surface area (Å²) in [7, 11) is 1.76. The van der Waals surface area contributed by atoms with E-state index in [0.29, 0.717) is 28.0 Å². The van der Waals surface area contributed by atoms with Crippen molar-refractivity contribution in [1.29, 1.82) is 0 Å². The van der Waals surface area contributed by atoms with Crippen LogP contribution in [0.4, 0.5) is 14.5 Å². The Bertz CT molecular complexity index is 1220. The van der Waals surface area contributed by atoms with E-state index in [0.717, 1.165) is 17.0 Å². The molecule has 0 unspecified atom stereocenters. The minimum Gasteiger partial charge on any atom is -0.300 e. The van der Waals surface area contributed by atoms with Gasteiger partial charge in [-0.2, -0.15) is 5.10 Å². The largest absolute Gasteiger partial charge is 0.300 e. The Labute approximate surface area is 170 Å². The molecule has 148 valence electrons. The second kappa shape index (κ2) is 7.36. The summed E-state index contributed by atoms with van der Waals surface area (Å²) in [5.74, 6) is -1.88. The fourth-order valence-corrected chi connectivity index (χ4v) is 4.10. The van der Waals surface area contributed by atoms with Gasteiger partial charge in [0.1, 0.15) is 11.6 Å². The molecule has 1 aromatic carbocycles. The van der Waals surface area contributed by atoms with Gasteiger partial charge in [-0.1, -0.05) is 6.07 Å². The summed E-state index contributed by atoms with van der Waals surface area (Å²) >= 11 is 1.46. The lowest BCUT2D eigenvalue weighted by molar-refractivity contribution is 0.0986. The highest BCUT2D eigenvalue weighted by Crippen LogP contribution is 2.29. The molecule has 4 rings (SSSR count). The fourth-order valence-electron chi connectivity index (χ4n) is 3.41. The zero-order chi connectivity index (χ0) is 20.7. The van der Waals surface area contributed by atoms with Crippen LogP contribution in [0.25, 0.3) is 11.0 Å². The van der Waals surface area contributed by atoms with Gasteiger partial charge in [-0.15, -0.1) is 11.3 Å². The topological polar surface area (TPSA) is 51.0 Å². The van der Waals surface area contributed by atoms with Crippen LogP contribution in [0.2, 0.25) is 0 Å². The second-order valence-electron chi connectivity index (χ2n) is 6.79. The summed E-state index contributed by atoms with van der Waals surface area (Å²) in [4.78, 5) is 20.3. The molecule has 5 nitrogen and oxygen atoms in total. The summed E-state index contributed by atoms with van der Waals surface area (Å²) in [6, 6.07) is 8.64. The molecule has 8 heteroatoms. The summed E-state index contributed by atoms with van der Waals surface area (Å²) in [6.07, 6.45) is 0. The summed E-state index contributed by atoms with van der Waals surface area (Å²) in [5, 5.41) is 6.89. The number of thiophene rings is 1. The molecular formula is C21H18F2N4OS. The Morgan fingerprint density at radius 2 is 2.00 bits per heavy atom. The molecule has 0 N–H and O–H groups in total. The minimum atomic E-state index is -0.792. The number of hydrogen-bond acceptors (Lipinski definition) is 4. The van der Waals surface area contributed by atoms with Crippen molar-refractivity contribution in [3.63, 3.8) is 0 Å². The highest BCUT2D eigenvalue weighted by atomic mass is 32.1. The predicted octanol–water partition coefficient (Wildman–Crippen LogP) is 4.77. The molecule has 0 spiro atoms. The molecular weight excluding hydrogens is 394 g/mol. The van der Waals surface area contributed by atoms with Crippen LogP contribution in [0.5, 0.6) is 0 Å². The number of aromatic nitrogens is 3. The van der Waals surface area contributed by atoms with E-state index in [4.69, 9.17) is 0 Å². The number of carbonyl (C=O) groups excluding carboxylic acids is 1. The standard InChI is InChI=1S/C21H18F2N4OS/c1-12-9-16(19-13(2)25-26(3)20(19)24-12)21(28)27(11-15-5-4-8-29-15)18-7-6-14(22)10-17(18)23/h4-10H,11H2,1-3H3. The lowest BCUT2D eigenvalue weighted by atomic mass is 10.1. The summed E-state index contributed by atoms with van der Waals surface area (Å²) < 4.78 is 29.7. The second-order valence-corrected chi connectivity index (χ2v) is 7.82. The number of benzene rings is 1. The van der Waals surface area contributed by atoms with Crippen molar-refractivity contribution in [2.45, 2.75) is 20.4 Å². The Morgan fingerprint density at radius 1 is 1.21 bits per heavy atom. The molecule has 0 atom stereocenters. The summed E-state index contributed by atoms with van der Waals surface area (Å²) in [6.45, 7) is 3.76. The van der Waals surface area contributed by atoms with Gasteiger partial charge >= 0.3 is 0 Å². The van der Waals surface area contributed by atoms with Crippen LogP contribution < -0.4 is 4.90 Å². The van der Waals surface area contributed by atoms with Crippen molar-refractivity contribution >= 4 is 34.0 Å². The number of aryl methyl sites for hydroxylation is 3. The number of nitrogens with zero attached hydrogens (tertiary/aromatic N) is 4. The van der Waals surface area contributed by atoms with Crippen molar-refractivity contribution in [3.8, 4) is 0 Å². The maximum atomic E-state index is 14.6. The molecule has 1 amide bonds. The van der Waals surface area contributed by atoms with E-state index in [1.54, 1.807) is 31.6 Å². The van der Waals surface area contributed by atoms with Gasteiger partial charge in [0.2, 0.25) is 0 Å². The summed E-state index contributed by atoms with van der Waals surface area (Å²) in [5.41, 5.74) is 2.31. The first-order valence-electron chi connectivity index (χ1n) is 8.95. The maximum Gasteiger partial charge on any atom is 0.259 e. The van der Waals surface area contributed by atoms with E-state index in [2.05, 4.69) is 10.1 Å². The van der Waals surface area contributed by atoms with E-state index in [9.17, 15) is 13.6 Å². The van der Waals surface area contributed by atoms with Gasteiger partial charge in [0.05, 0.1) is 28.9 Å². The number of hydrogen-bond donors (Lipinski definition) is 0. The highest BCUT2D eigenvalue weighted by Gasteiger charge is 2.26. The monoisotopic (exact) mass is 412 g/mol. The first kappa shape index (κ1) is 19.2. The van der Waals surface area contributed by atoms with Crippen molar-refractivity contribution in [1.82, 2.24) is 14.8 Å². The minimum absolute atomic E-state index is 0.0222. The number of pyridine rings is 1. The van der Waals surface area contributed by atoms with Crippen molar-refractivity contribution in [2.24, 2.45) is 7.05 Å². The number of anilines is 1. The molecule has 3 aromatic heterocycles. The molecule has 0 saturated carbocycles. The van der Waals surface area contributed by atoms with Crippen LogP contribution in [0.15, 0.2) is 41.8 Å². The van der Waals surface area contributed by atoms with Gasteiger partial charge in [0.25, 0.3) is 5.91 Å². The van der Waals surface area contributed by atoms with E-state index < -0.39 is 17.5 Å². The van der Waals surface area contributed by atoms with Gasteiger partial charge < -0.3 is 4.90 Å². The molecule has 0 saturated heterocycles. The molecule has 4 aromatic rings. The highest BCUT2D eigenvalue weighted by molar-refractivity contribution is 7.09. The predicted molar refractivity (Wildman–Crippen MR) is 109 cm³/mol. The molecule has 3 heterocycles. The maximum absolute atomic E-state index is 14.6. The number of amides is 1. The Morgan fingerprint density at radius 3 is 2.69 bits per heavy atom. The normalized spacial score (nSPS) is 11.2. The van der Waals surface area contributed by atoms with Crippen LogP contribution >= 0.6 is 11.3 Å². The molecule has 0 aliphatic rings. The van der Waals surface area contributed by atoms with Crippen LogP contribution in [-0.2, 0) is 13.6 Å². The SMILES string of the molecule is Cc1cc(C(=O)N(Cc2cccs2)c2ccc(F)cc2F)c2c(C)nn(C)c2n1. The van der Waals surface area contributed by atoms with Crippen molar-refractivity contribution in [3.05, 3.63) is 75.2 Å². The Balaban J connectivity index is 1.89. The number of carbonyl (C=O) groups is 1. The van der Waals surface area contributed by atoms with Crippen molar-refractivity contribution < 1.29 is 13.6 Å². The van der Waals surface area contributed by atoms with E-state index in [1.165, 1.54) is 22.3 Å². The fraction of sp³-hybridized carbons (Fsp3) is 0.190. The van der Waals surface area contributed by atoms with Crippen LogP contribution in [0, 0.1) is 25.5 Å². The zero-order valence-electron chi connectivity index (χ0n) is 16.1. The third-order valence-electron chi connectivity index (χ3n) is 4.67. The molecule has 0 aliphatic carbocycles. The average Bonchev–Trinajstić information content (AvgIpc) is 3.27. The first-order valence-corrected chi connectivity index (χ1v) is 9.83. The van der Waals surface area contributed by atoms with E-state index in [1.807, 2.05) is 17.5 Å². The first-order chi connectivity index (χ1) is 13.8. The Hall–Kier alpha value is -3.13. The van der Waals surface area contributed by atoms with Crippen LogP contribution in [0.1, 0.15) is 26.6 Å². The molecule has 0 radical (unpaired) electrons. The van der Waals surface area contributed by atoms with Crippen LogP contribution in [-0.4, -0.2) is 20.7 Å². The van der Waals surface area contributed by atoms with Gasteiger partial charge in [-0.3, -0.25) is 9.48 Å². The number of rotatable bonds is 4. The van der Waals surface area contributed by atoms with Crippen LogP contribution in [0.3, 0.4) is 0 Å². The van der Waals surface area contributed by atoms with Gasteiger partial charge in [0, 0.05) is 23.7 Å². The number of halogens is 2. The molecule has 0 bridgehead atoms. The van der Waals surface area contributed by atoms with E-state index in [-0.39, 0.29) is 12.2 Å². The van der Waals surface area contributed by atoms with Gasteiger partial charge in [-0.25, -0.2) is 13.8 Å². The zero-order valence-corrected chi connectivity index (χ0v) is 16.9. The van der Waals surface area contributed by atoms with E-state index >= 15 is 0 Å². The van der Waals surface area contributed by atoms with Crippen molar-refractivity contribution in [2.75, 3.05) is 4.90 Å². The molecule has 0 aliphatic heterocycles. The quantitative estimate of drug-likeness (QED) is 0.485. The smallest absolute Gasteiger partial charge is 0.259 e. The lowest BCUT2D eigenvalue weighted by Crippen LogP contribution is -2.31. The number of fused-ring (bicyclic) bond motifs is 1. The van der Waals surface area contributed by atoms with Gasteiger partial charge in [0.15, 0.2) is 5.65 Å². The Kier molecular flexibility index (Phi) is 4.87. The molecule has 0 fully saturated rings.